The predicted octanol–water partition coefficient (Wildman–Crippen LogP) is 2.90. The van der Waals surface area contributed by atoms with Crippen LogP contribution in [0.25, 0.3) is 0 Å². The Hall–Kier alpha value is -2.05. The van der Waals surface area contributed by atoms with Gasteiger partial charge in [0.1, 0.15) is 5.60 Å². The van der Waals surface area contributed by atoms with Gasteiger partial charge < -0.3 is 20.3 Å². The fourth-order valence-electron chi connectivity index (χ4n) is 2.70. The van der Waals surface area contributed by atoms with E-state index in [2.05, 4.69) is 39.6 Å². The first-order valence-corrected chi connectivity index (χ1v) is 9.01. The van der Waals surface area contributed by atoms with E-state index >= 15 is 0 Å². The molecule has 1 saturated heterocycles. The molecule has 0 radical (unpaired) electrons. The molecule has 1 aromatic heterocycles. The molecule has 7 nitrogen and oxygen atoms in total. The lowest BCUT2D eigenvalue weighted by Gasteiger charge is -2.21. The van der Waals surface area contributed by atoms with Crippen LogP contribution in [0.15, 0.2) is 12.3 Å². The number of hydrogen-bond acceptors (Lipinski definition) is 6. The highest BCUT2D eigenvalue weighted by Crippen LogP contribution is 2.24. The summed E-state index contributed by atoms with van der Waals surface area (Å²) in [6, 6.07) is 2.04. The van der Waals surface area contributed by atoms with E-state index in [-0.39, 0.29) is 6.09 Å². The van der Waals surface area contributed by atoms with Gasteiger partial charge in [0.05, 0.1) is 11.9 Å². The summed E-state index contributed by atoms with van der Waals surface area (Å²) in [5, 5.41) is 14.4. The second-order valence-electron chi connectivity index (χ2n) is 8.06. The van der Waals surface area contributed by atoms with Gasteiger partial charge in [0, 0.05) is 32.2 Å². The fourth-order valence-corrected chi connectivity index (χ4v) is 2.70. The van der Waals surface area contributed by atoms with Gasteiger partial charge in [-0.15, -0.1) is 5.10 Å². The maximum absolute atomic E-state index is 11.8. The molecule has 2 rings (SSSR count). The smallest absolute Gasteiger partial charge is 0.407 e. The second-order valence-corrected chi connectivity index (χ2v) is 8.06. The van der Waals surface area contributed by atoms with Crippen LogP contribution < -0.4 is 15.5 Å². The van der Waals surface area contributed by atoms with Crippen molar-refractivity contribution in [2.75, 3.05) is 36.4 Å². The molecule has 1 aliphatic rings. The van der Waals surface area contributed by atoms with Gasteiger partial charge in [0.15, 0.2) is 5.82 Å². The molecule has 1 fully saturated rings. The van der Waals surface area contributed by atoms with E-state index in [4.69, 9.17) is 4.74 Å². The first kappa shape index (κ1) is 19.3. The maximum atomic E-state index is 11.8. The molecule has 0 aromatic carbocycles. The minimum atomic E-state index is -0.464. The number of carbonyl (C=O) groups excluding carboxylic acids is 1. The molecule has 7 heteroatoms. The van der Waals surface area contributed by atoms with Gasteiger partial charge in [0.25, 0.3) is 0 Å². The largest absolute Gasteiger partial charge is 0.444 e. The Morgan fingerprint density at radius 3 is 2.88 bits per heavy atom. The van der Waals surface area contributed by atoms with Crippen molar-refractivity contribution in [3.8, 4) is 0 Å². The molecule has 0 saturated carbocycles. The van der Waals surface area contributed by atoms with Crippen molar-refractivity contribution in [3.05, 3.63) is 12.3 Å². The van der Waals surface area contributed by atoms with Crippen LogP contribution in [0.5, 0.6) is 0 Å². The summed E-state index contributed by atoms with van der Waals surface area (Å²) in [5.41, 5.74) is 0.606. The highest BCUT2D eigenvalue weighted by Gasteiger charge is 2.24. The molecule has 140 valence electrons. The number of amides is 1. The van der Waals surface area contributed by atoms with Crippen molar-refractivity contribution in [2.45, 2.75) is 46.6 Å². The van der Waals surface area contributed by atoms with E-state index < -0.39 is 5.60 Å². The second kappa shape index (κ2) is 8.36. The van der Waals surface area contributed by atoms with E-state index in [1.165, 1.54) is 0 Å². The van der Waals surface area contributed by atoms with Crippen molar-refractivity contribution in [1.29, 1.82) is 0 Å². The number of nitrogens with zero attached hydrogens (tertiary/aromatic N) is 3. The molecule has 1 amide bonds. The highest BCUT2D eigenvalue weighted by atomic mass is 16.6. The first-order chi connectivity index (χ1) is 11.7. The number of carbonyl (C=O) groups is 1. The van der Waals surface area contributed by atoms with Gasteiger partial charge in [-0.25, -0.2) is 4.79 Å². The zero-order valence-electron chi connectivity index (χ0n) is 16.0. The number of nitrogens with one attached hydrogen (secondary N) is 2. The summed E-state index contributed by atoms with van der Waals surface area (Å²) in [6.07, 6.45) is 2.48. The Morgan fingerprint density at radius 1 is 1.44 bits per heavy atom. The van der Waals surface area contributed by atoms with E-state index in [1.54, 1.807) is 6.20 Å². The third kappa shape index (κ3) is 6.76. The molecule has 2 heterocycles. The zero-order valence-corrected chi connectivity index (χ0v) is 16.0. The molecule has 0 bridgehead atoms. The zero-order chi connectivity index (χ0) is 18.4. The molecular weight excluding hydrogens is 318 g/mol. The molecular formula is C18H31N5O2. The lowest BCUT2D eigenvalue weighted by Crippen LogP contribution is -2.36. The fraction of sp³-hybridized carbons (Fsp3) is 0.722. The van der Waals surface area contributed by atoms with Crippen molar-refractivity contribution in [2.24, 2.45) is 11.8 Å². The van der Waals surface area contributed by atoms with Crippen LogP contribution in [0, 0.1) is 11.8 Å². The van der Waals surface area contributed by atoms with Gasteiger partial charge in [-0.2, -0.15) is 5.10 Å². The van der Waals surface area contributed by atoms with Gasteiger partial charge in [-0.3, -0.25) is 0 Å². The average Bonchev–Trinajstić information content (AvgIpc) is 2.99. The third-order valence-electron chi connectivity index (χ3n) is 3.92. The number of rotatable bonds is 6. The van der Waals surface area contributed by atoms with Crippen LogP contribution in [0.4, 0.5) is 16.3 Å². The minimum Gasteiger partial charge on any atom is -0.444 e. The SMILES string of the molecule is CC(C)CNc1cc(N2CCC(CNC(=O)OC(C)(C)C)C2)cnn1. The Balaban J connectivity index is 1.82. The summed E-state index contributed by atoms with van der Waals surface area (Å²) >= 11 is 0. The first-order valence-electron chi connectivity index (χ1n) is 9.01. The Bertz CT molecular complexity index is 571. The molecule has 0 aliphatic carbocycles. The highest BCUT2D eigenvalue weighted by molar-refractivity contribution is 5.67. The number of aromatic nitrogens is 2. The summed E-state index contributed by atoms with van der Waals surface area (Å²) in [5.74, 6) is 1.77. The van der Waals surface area contributed by atoms with Crippen LogP contribution in [0.1, 0.15) is 41.0 Å². The number of hydrogen-bond donors (Lipinski definition) is 2. The van der Waals surface area contributed by atoms with Crippen molar-refractivity contribution in [3.63, 3.8) is 0 Å². The number of alkyl carbamates (subject to hydrolysis) is 1. The summed E-state index contributed by atoms with van der Waals surface area (Å²) < 4.78 is 5.28. The topological polar surface area (TPSA) is 79.4 Å². The standard InChI is InChI=1S/C18H31N5O2/c1-13(2)9-19-16-8-15(11-21-22-16)23-7-6-14(12-23)10-20-17(24)25-18(3,4)5/h8,11,13-14H,6-7,9-10,12H2,1-5H3,(H,19,22)(H,20,24). The molecule has 1 aliphatic heterocycles. The number of anilines is 2. The quantitative estimate of drug-likeness (QED) is 0.822. The molecule has 1 atom stereocenters. The molecule has 0 spiro atoms. The van der Waals surface area contributed by atoms with Crippen molar-refractivity contribution >= 4 is 17.6 Å². The average molecular weight is 349 g/mol. The normalized spacial score (nSPS) is 17.7. The minimum absolute atomic E-state index is 0.350. The predicted molar refractivity (Wildman–Crippen MR) is 99.9 cm³/mol. The van der Waals surface area contributed by atoms with Crippen LogP contribution in [0.3, 0.4) is 0 Å². The van der Waals surface area contributed by atoms with Crippen LogP contribution in [-0.4, -0.2) is 48.1 Å². The summed E-state index contributed by atoms with van der Waals surface area (Å²) in [4.78, 5) is 14.1. The van der Waals surface area contributed by atoms with Crippen molar-refractivity contribution in [1.82, 2.24) is 15.5 Å². The van der Waals surface area contributed by atoms with E-state index in [1.807, 2.05) is 26.8 Å². The Kier molecular flexibility index (Phi) is 6.45. The summed E-state index contributed by atoms with van der Waals surface area (Å²) in [7, 11) is 0. The molecule has 2 N–H and O–H groups in total. The summed E-state index contributed by atoms with van der Waals surface area (Å²) in [6.45, 7) is 13.3. The van der Waals surface area contributed by atoms with Crippen LogP contribution in [-0.2, 0) is 4.74 Å². The van der Waals surface area contributed by atoms with Gasteiger partial charge in [-0.05, 0) is 39.0 Å². The lowest BCUT2D eigenvalue weighted by molar-refractivity contribution is 0.0520. The molecule has 1 unspecified atom stereocenters. The lowest BCUT2D eigenvalue weighted by atomic mass is 10.1. The third-order valence-corrected chi connectivity index (χ3v) is 3.92. The van der Waals surface area contributed by atoms with E-state index in [0.29, 0.717) is 18.4 Å². The van der Waals surface area contributed by atoms with Gasteiger partial charge in [0.2, 0.25) is 0 Å². The van der Waals surface area contributed by atoms with Gasteiger partial charge >= 0.3 is 6.09 Å². The Morgan fingerprint density at radius 2 is 2.20 bits per heavy atom. The molecule has 1 aromatic rings. The van der Waals surface area contributed by atoms with Crippen LogP contribution in [0.2, 0.25) is 0 Å². The van der Waals surface area contributed by atoms with Crippen LogP contribution >= 0.6 is 0 Å². The van der Waals surface area contributed by atoms with Crippen molar-refractivity contribution < 1.29 is 9.53 Å². The monoisotopic (exact) mass is 349 g/mol. The van der Waals surface area contributed by atoms with E-state index in [9.17, 15) is 4.79 Å². The molecule has 25 heavy (non-hydrogen) atoms. The van der Waals surface area contributed by atoms with Gasteiger partial charge in [-0.1, -0.05) is 13.8 Å². The van der Waals surface area contributed by atoms with E-state index in [0.717, 1.165) is 37.6 Å². The number of ether oxygens (including phenoxy) is 1. The maximum Gasteiger partial charge on any atom is 0.407 e. The Labute approximate surface area is 150 Å².